The summed E-state index contributed by atoms with van der Waals surface area (Å²) in [6.45, 7) is 6.05. The van der Waals surface area contributed by atoms with Crippen LogP contribution in [0.25, 0.3) is 0 Å². The van der Waals surface area contributed by atoms with Crippen molar-refractivity contribution in [3.63, 3.8) is 0 Å². The van der Waals surface area contributed by atoms with Crippen molar-refractivity contribution in [1.29, 1.82) is 0 Å². The molecule has 1 N–H and O–H groups in total. The molecule has 3 aromatic rings. The van der Waals surface area contributed by atoms with Gasteiger partial charge in [0.15, 0.2) is 0 Å². The van der Waals surface area contributed by atoms with Crippen LogP contribution in [0.1, 0.15) is 19.4 Å². The van der Waals surface area contributed by atoms with Crippen LogP contribution in [0, 0.1) is 6.92 Å². The molecule has 7 nitrogen and oxygen atoms in total. The van der Waals surface area contributed by atoms with Crippen LogP contribution in [-0.2, 0) is 14.8 Å². The smallest absolute Gasteiger partial charge is 0.264 e. The number of nitrogens with zero attached hydrogens (tertiary/aromatic N) is 1. The van der Waals surface area contributed by atoms with Gasteiger partial charge < -0.3 is 14.8 Å². The zero-order chi connectivity index (χ0) is 23.8. The Labute approximate surface area is 195 Å². The third kappa shape index (κ3) is 6.04. The molecule has 0 bridgehead atoms. The average Bonchev–Trinajstić information content (AvgIpc) is 2.80. The molecule has 8 heteroatoms. The summed E-state index contributed by atoms with van der Waals surface area (Å²) < 4.78 is 39.1. The Balaban J connectivity index is 1.92. The second-order valence-corrected chi connectivity index (χ2v) is 9.09. The molecule has 0 aliphatic rings. The normalized spacial score (nSPS) is 11.0. The number of aryl methyl sites for hydroxylation is 1. The van der Waals surface area contributed by atoms with Crippen LogP contribution in [-0.4, -0.2) is 34.1 Å². The number of benzene rings is 3. The Morgan fingerprint density at radius 1 is 0.909 bits per heavy atom. The number of ether oxygens (including phenoxy) is 2. The lowest BCUT2D eigenvalue weighted by atomic mass is 10.2. The molecule has 0 aliphatic heterocycles. The molecule has 1 amide bonds. The van der Waals surface area contributed by atoms with Gasteiger partial charge >= 0.3 is 0 Å². The van der Waals surface area contributed by atoms with Gasteiger partial charge in [-0.15, -0.1) is 0 Å². The first kappa shape index (κ1) is 24.1. The van der Waals surface area contributed by atoms with E-state index in [0.717, 1.165) is 9.87 Å². The van der Waals surface area contributed by atoms with Gasteiger partial charge in [-0.2, -0.15) is 0 Å². The number of nitrogens with one attached hydrogen (secondary N) is 1. The van der Waals surface area contributed by atoms with Crippen molar-refractivity contribution in [2.75, 3.05) is 29.4 Å². The molecule has 3 aromatic carbocycles. The first-order valence-electron chi connectivity index (χ1n) is 10.7. The van der Waals surface area contributed by atoms with Crippen molar-refractivity contribution in [3.8, 4) is 11.5 Å². The van der Waals surface area contributed by atoms with Gasteiger partial charge in [0, 0.05) is 6.07 Å². The first-order chi connectivity index (χ1) is 15.8. The summed E-state index contributed by atoms with van der Waals surface area (Å²) in [4.78, 5) is 13.1. The van der Waals surface area contributed by atoms with Gasteiger partial charge in [-0.25, -0.2) is 8.42 Å². The maximum Gasteiger partial charge on any atom is 0.264 e. The molecule has 0 saturated heterocycles. The van der Waals surface area contributed by atoms with Gasteiger partial charge in [-0.3, -0.25) is 9.10 Å². The Morgan fingerprint density at radius 2 is 1.58 bits per heavy atom. The van der Waals surface area contributed by atoms with Crippen molar-refractivity contribution in [1.82, 2.24) is 0 Å². The number of sulfonamides is 1. The molecular weight excluding hydrogens is 440 g/mol. The number of carbonyl (C=O) groups is 1. The first-order valence-corrected chi connectivity index (χ1v) is 12.1. The van der Waals surface area contributed by atoms with Crippen molar-refractivity contribution < 1.29 is 22.7 Å². The van der Waals surface area contributed by atoms with Crippen molar-refractivity contribution in [2.24, 2.45) is 0 Å². The molecule has 0 atom stereocenters. The highest BCUT2D eigenvalue weighted by atomic mass is 32.2. The summed E-state index contributed by atoms with van der Waals surface area (Å²) in [5.41, 5.74) is 1.74. The summed E-state index contributed by atoms with van der Waals surface area (Å²) in [6, 6.07) is 20.2. The van der Waals surface area contributed by atoms with E-state index in [2.05, 4.69) is 5.32 Å². The molecule has 0 spiro atoms. The molecule has 0 unspecified atom stereocenters. The third-order valence-corrected chi connectivity index (χ3v) is 6.56. The average molecular weight is 469 g/mol. The molecule has 0 radical (unpaired) electrons. The van der Waals surface area contributed by atoms with E-state index in [1.165, 1.54) is 12.1 Å². The van der Waals surface area contributed by atoms with Crippen LogP contribution >= 0.6 is 0 Å². The minimum atomic E-state index is -3.98. The summed E-state index contributed by atoms with van der Waals surface area (Å²) >= 11 is 0. The minimum Gasteiger partial charge on any atom is -0.494 e. The predicted molar refractivity (Wildman–Crippen MR) is 130 cm³/mol. The lowest BCUT2D eigenvalue weighted by molar-refractivity contribution is -0.114. The Hall–Kier alpha value is -3.52. The zero-order valence-corrected chi connectivity index (χ0v) is 19.8. The molecule has 0 fully saturated rings. The minimum absolute atomic E-state index is 0.109. The second kappa shape index (κ2) is 10.9. The van der Waals surface area contributed by atoms with Gasteiger partial charge in [0.2, 0.25) is 5.91 Å². The number of hydrogen-bond acceptors (Lipinski definition) is 5. The number of amides is 1. The summed E-state index contributed by atoms with van der Waals surface area (Å²) in [6.07, 6.45) is 0. The Morgan fingerprint density at radius 3 is 2.21 bits per heavy atom. The van der Waals surface area contributed by atoms with E-state index >= 15 is 0 Å². The van der Waals surface area contributed by atoms with Gasteiger partial charge in [-0.05, 0) is 57.2 Å². The lowest BCUT2D eigenvalue weighted by Gasteiger charge is -2.24. The summed E-state index contributed by atoms with van der Waals surface area (Å²) in [5.74, 6) is 0.537. The quantitative estimate of drug-likeness (QED) is 0.469. The number of anilines is 2. The Kier molecular flexibility index (Phi) is 7.95. The van der Waals surface area contributed by atoms with Gasteiger partial charge in [0.25, 0.3) is 10.0 Å². The molecule has 3 rings (SSSR count). The number of carbonyl (C=O) groups excluding carboxylic acids is 1. The second-order valence-electron chi connectivity index (χ2n) is 7.23. The van der Waals surface area contributed by atoms with Crippen LogP contribution < -0.4 is 19.1 Å². The summed E-state index contributed by atoms with van der Waals surface area (Å²) in [5, 5.41) is 2.78. The fraction of sp³-hybridized carbons (Fsp3) is 0.240. The number of rotatable bonds is 10. The Bertz CT molecular complexity index is 1180. The molecule has 0 saturated carbocycles. The highest BCUT2D eigenvalue weighted by Crippen LogP contribution is 2.30. The molecule has 0 heterocycles. The molecule has 174 valence electrons. The topological polar surface area (TPSA) is 84.9 Å². The van der Waals surface area contributed by atoms with Crippen LogP contribution in [0.5, 0.6) is 11.5 Å². The van der Waals surface area contributed by atoms with E-state index < -0.39 is 22.5 Å². The molecular formula is C25H28N2O5S. The number of para-hydroxylation sites is 1. The highest BCUT2D eigenvalue weighted by molar-refractivity contribution is 7.92. The fourth-order valence-electron chi connectivity index (χ4n) is 3.21. The highest BCUT2D eigenvalue weighted by Gasteiger charge is 2.27. The van der Waals surface area contributed by atoms with E-state index in [-0.39, 0.29) is 4.90 Å². The standard InChI is InChI=1S/C25H28N2O5S/c1-4-31-21-13-16-24(32-5-2)23(17-21)26-25(28)18-27(20-9-7-6-8-10-20)33(29,30)22-14-11-19(3)12-15-22/h6-17H,4-5,18H2,1-3H3,(H,26,28). The summed E-state index contributed by atoms with van der Waals surface area (Å²) in [7, 11) is -3.98. The van der Waals surface area contributed by atoms with Gasteiger partial charge in [0.05, 0.1) is 29.5 Å². The van der Waals surface area contributed by atoms with E-state index in [1.54, 1.807) is 60.7 Å². The van der Waals surface area contributed by atoms with Crippen molar-refractivity contribution in [2.45, 2.75) is 25.7 Å². The monoisotopic (exact) mass is 468 g/mol. The fourth-order valence-corrected chi connectivity index (χ4v) is 4.63. The van der Waals surface area contributed by atoms with Crippen LogP contribution in [0.4, 0.5) is 11.4 Å². The van der Waals surface area contributed by atoms with Gasteiger partial charge in [0.1, 0.15) is 18.0 Å². The maximum absolute atomic E-state index is 13.4. The SMILES string of the molecule is CCOc1ccc(OCC)c(NC(=O)CN(c2ccccc2)S(=O)(=O)c2ccc(C)cc2)c1. The molecule has 33 heavy (non-hydrogen) atoms. The van der Waals surface area contributed by atoms with Crippen molar-refractivity contribution in [3.05, 3.63) is 78.4 Å². The van der Waals surface area contributed by atoms with E-state index in [4.69, 9.17) is 9.47 Å². The van der Waals surface area contributed by atoms with Crippen LogP contribution in [0.2, 0.25) is 0 Å². The molecule has 0 aliphatic carbocycles. The predicted octanol–water partition coefficient (Wildman–Crippen LogP) is 4.63. The van der Waals surface area contributed by atoms with Crippen LogP contribution in [0.3, 0.4) is 0 Å². The molecule has 0 aromatic heterocycles. The number of hydrogen-bond donors (Lipinski definition) is 1. The third-order valence-electron chi connectivity index (χ3n) is 4.78. The maximum atomic E-state index is 13.4. The largest absolute Gasteiger partial charge is 0.494 e. The van der Waals surface area contributed by atoms with Crippen molar-refractivity contribution >= 4 is 27.3 Å². The van der Waals surface area contributed by atoms with Gasteiger partial charge in [-0.1, -0.05) is 35.9 Å². The van der Waals surface area contributed by atoms with E-state index in [1.807, 2.05) is 20.8 Å². The van der Waals surface area contributed by atoms with Crippen LogP contribution in [0.15, 0.2) is 77.7 Å². The zero-order valence-electron chi connectivity index (χ0n) is 18.9. The van der Waals surface area contributed by atoms with E-state index in [9.17, 15) is 13.2 Å². The lowest BCUT2D eigenvalue weighted by Crippen LogP contribution is -2.38. The van der Waals surface area contributed by atoms with E-state index in [0.29, 0.717) is 36.1 Å².